The van der Waals surface area contributed by atoms with Gasteiger partial charge in [0.05, 0.1) is 0 Å². The zero-order chi connectivity index (χ0) is 38.9. The van der Waals surface area contributed by atoms with Crippen LogP contribution in [0.4, 0.5) is 0 Å². The van der Waals surface area contributed by atoms with E-state index in [4.69, 9.17) is 4.74 Å². The molecule has 8 bridgehead atoms. The summed E-state index contributed by atoms with van der Waals surface area (Å²) >= 11 is 0. The van der Waals surface area contributed by atoms with E-state index >= 15 is 0 Å². The number of aromatic hydroxyl groups is 3. The van der Waals surface area contributed by atoms with E-state index < -0.39 is 5.60 Å². The summed E-state index contributed by atoms with van der Waals surface area (Å²) < 4.78 is 6.89. The molecule has 0 atom stereocenters. The van der Waals surface area contributed by atoms with Crippen LogP contribution in [0.1, 0.15) is 171 Å². The van der Waals surface area contributed by atoms with Crippen molar-refractivity contribution in [2.75, 3.05) is 0 Å². The molecule has 1 aliphatic rings. The average molecular weight is 705 g/mol. The molecular weight excluding hydrogens is 641 g/mol. The van der Waals surface area contributed by atoms with Crippen molar-refractivity contribution in [3.63, 3.8) is 0 Å². The molecule has 0 spiro atoms. The second-order valence-electron chi connectivity index (χ2n) is 20.5. The Hall–Kier alpha value is -3.92. The third kappa shape index (κ3) is 8.48. The lowest BCUT2D eigenvalue weighted by atomic mass is 9.79. The first-order chi connectivity index (χ1) is 23.6. The second-order valence-corrected chi connectivity index (χ2v) is 20.5. The Balaban J connectivity index is 1.94. The van der Waals surface area contributed by atoms with Gasteiger partial charge in [0.2, 0.25) is 0 Å². The van der Waals surface area contributed by atoms with Crippen molar-refractivity contribution in [2.45, 2.75) is 157 Å². The second kappa shape index (κ2) is 13.2. The van der Waals surface area contributed by atoms with Crippen molar-refractivity contribution in [1.29, 1.82) is 0 Å². The number of phenols is 3. The maximum Gasteiger partial charge on any atom is 0.127 e. The Bertz CT molecular complexity index is 1880. The zero-order valence-electron chi connectivity index (χ0n) is 34.7. The monoisotopic (exact) mass is 704 g/mol. The van der Waals surface area contributed by atoms with E-state index in [2.05, 4.69) is 152 Å². The number of fused-ring (bicyclic) bond motifs is 8. The van der Waals surface area contributed by atoms with Gasteiger partial charge in [-0.2, -0.15) is 0 Å². The van der Waals surface area contributed by atoms with Crippen molar-refractivity contribution in [3.8, 4) is 23.0 Å². The standard InChI is InChI=1S/C48H64O4/c1-44(2,3)36-20-28-16-30-22-37(45(4,5)6)24-32(41(30)50)18-34-26-39(47(10,11)12)27-35(43(34)52-48(13,14)15)19-33-25-38(46(7,8)9)23-31(42(33)51)17-29(21-36)40(28)49/h20-27,49-51H,16-19H2,1-15H3. The molecule has 0 aromatic heterocycles. The molecule has 4 heteroatoms. The summed E-state index contributed by atoms with van der Waals surface area (Å²) in [5, 5.41) is 36.4. The number of hydrogen-bond donors (Lipinski definition) is 3. The smallest absolute Gasteiger partial charge is 0.127 e. The molecule has 5 rings (SSSR count). The summed E-state index contributed by atoms with van der Waals surface area (Å²) in [5.74, 6) is 1.52. The van der Waals surface area contributed by atoms with Gasteiger partial charge in [0.15, 0.2) is 0 Å². The normalized spacial score (nSPS) is 14.4. The Morgan fingerprint density at radius 3 is 0.731 bits per heavy atom. The fraction of sp³-hybridized carbons (Fsp3) is 0.500. The molecule has 0 amide bonds. The maximum absolute atomic E-state index is 12.2. The van der Waals surface area contributed by atoms with Crippen LogP contribution in [-0.2, 0) is 47.3 Å². The largest absolute Gasteiger partial charge is 0.507 e. The molecule has 3 N–H and O–H groups in total. The van der Waals surface area contributed by atoms with Crippen molar-refractivity contribution in [2.24, 2.45) is 0 Å². The van der Waals surface area contributed by atoms with Crippen molar-refractivity contribution in [3.05, 3.63) is 115 Å². The molecule has 4 aromatic rings. The van der Waals surface area contributed by atoms with E-state index in [1.54, 1.807) is 0 Å². The van der Waals surface area contributed by atoms with Gasteiger partial charge in [0.25, 0.3) is 0 Å². The van der Waals surface area contributed by atoms with Crippen LogP contribution in [-0.4, -0.2) is 20.9 Å². The molecule has 4 nitrogen and oxygen atoms in total. The lowest BCUT2D eigenvalue weighted by molar-refractivity contribution is 0.128. The number of ether oxygens (including phenoxy) is 1. The van der Waals surface area contributed by atoms with Crippen LogP contribution >= 0.6 is 0 Å². The summed E-state index contributed by atoms with van der Waals surface area (Å²) in [6.45, 7) is 32.6. The molecule has 0 fully saturated rings. The SMILES string of the molecule is CC(C)(C)Oc1c2cc(C(C)(C)C)cc1Cc1cc(C(C)(C)C)cc(c1O)Cc1cc(C(C)(C)C)cc(c1O)Cc1cc(C(C)(C)C)cc(c1O)C2. The van der Waals surface area contributed by atoms with Crippen LogP contribution in [0.15, 0.2) is 48.5 Å². The average Bonchev–Trinajstić information content (AvgIpc) is 2.96. The molecule has 4 aromatic carbocycles. The first-order valence-corrected chi connectivity index (χ1v) is 19.0. The molecule has 1 aliphatic carbocycles. The Morgan fingerprint density at radius 1 is 0.346 bits per heavy atom. The third-order valence-electron chi connectivity index (χ3n) is 10.4. The number of benzene rings is 4. The number of phenolic OH excluding ortho intramolecular Hbond substituents is 3. The number of rotatable bonds is 1. The molecule has 0 unspecified atom stereocenters. The maximum atomic E-state index is 12.2. The first-order valence-electron chi connectivity index (χ1n) is 19.0. The van der Waals surface area contributed by atoms with Gasteiger partial charge in [-0.3, -0.25) is 0 Å². The van der Waals surface area contributed by atoms with Gasteiger partial charge in [0.1, 0.15) is 28.6 Å². The van der Waals surface area contributed by atoms with Gasteiger partial charge in [0, 0.05) is 25.7 Å². The zero-order valence-corrected chi connectivity index (χ0v) is 34.7. The predicted molar refractivity (Wildman–Crippen MR) is 217 cm³/mol. The summed E-state index contributed by atoms with van der Waals surface area (Å²) in [7, 11) is 0. The first kappa shape index (κ1) is 39.3. The summed E-state index contributed by atoms with van der Waals surface area (Å²) in [6, 6.07) is 17.2. The molecule has 0 aliphatic heterocycles. The highest BCUT2D eigenvalue weighted by Gasteiger charge is 2.29. The summed E-state index contributed by atoms with van der Waals surface area (Å²) in [6.07, 6.45) is 1.65. The minimum atomic E-state index is -0.487. The highest BCUT2D eigenvalue weighted by Crippen LogP contribution is 2.44. The van der Waals surface area contributed by atoms with Gasteiger partial charge in [-0.1, -0.05) is 132 Å². The Labute approximate surface area is 314 Å². The van der Waals surface area contributed by atoms with E-state index in [0.717, 1.165) is 66.9 Å². The fourth-order valence-corrected chi connectivity index (χ4v) is 7.10. The van der Waals surface area contributed by atoms with Crippen LogP contribution in [0.5, 0.6) is 23.0 Å². The topological polar surface area (TPSA) is 69.9 Å². The minimum absolute atomic E-state index is 0.156. The molecule has 280 valence electrons. The van der Waals surface area contributed by atoms with Gasteiger partial charge in [-0.05, 0) is 109 Å². The van der Waals surface area contributed by atoms with Crippen LogP contribution in [0, 0.1) is 0 Å². The minimum Gasteiger partial charge on any atom is -0.507 e. The summed E-state index contributed by atoms with van der Waals surface area (Å²) in [4.78, 5) is 0. The van der Waals surface area contributed by atoms with Crippen LogP contribution in [0.25, 0.3) is 0 Å². The van der Waals surface area contributed by atoms with Gasteiger partial charge in [-0.25, -0.2) is 0 Å². The highest BCUT2D eigenvalue weighted by molar-refractivity contribution is 5.59. The van der Waals surface area contributed by atoms with Crippen LogP contribution < -0.4 is 4.74 Å². The molecule has 0 radical (unpaired) electrons. The quantitative estimate of drug-likeness (QED) is 0.162. The molecule has 0 saturated carbocycles. The highest BCUT2D eigenvalue weighted by atomic mass is 16.5. The molecule has 0 heterocycles. The lowest BCUT2D eigenvalue weighted by Crippen LogP contribution is -2.25. The molecule has 52 heavy (non-hydrogen) atoms. The van der Waals surface area contributed by atoms with E-state index in [-0.39, 0.29) is 38.9 Å². The van der Waals surface area contributed by atoms with E-state index in [1.165, 1.54) is 5.56 Å². The van der Waals surface area contributed by atoms with Crippen LogP contribution in [0.3, 0.4) is 0 Å². The predicted octanol–water partition coefficient (Wildman–Crippen LogP) is 11.8. The number of hydrogen-bond acceptors (Lipinski definition) is 4. The fourth-order valence-electron chi connectivity index (χ4n) is 7.10. The lowest BCUT2D eigenvalue weighted by Gasteiger charge is -2.30. The molecular formula is C48H64O4. The van der Waals surface area contributed by atoms with Gasteiger partial charge >= 0.3 is 0 Å². The van der Waals surface area contributed by atoms with Crippen molar-refractivity contribution >= 4 is 0 Å². The van der Waals surface area contributed by atoms with Crippen molar-refractivity contribution in [1.82, 2.24) is 0 Å². The van der Waals surface area contributed by atoms with E-state index in [0.29, 0.717) is 25.7 Å². The molecule has 0 saturated heterocycles. The van der Waals surface area contributed by atoms with E-state index in [9.17, 15) is 15.3 Å². The third-order valence-corrected chi connectivity index (χ3v) is 10.4. The van der Waals surface area contributed by atoms with Gasteiger partial charge < -0.3 is 20.1 Å². The van der Waals surface area contributed by atoms with E-state index in [1.807, 2.05) is 0 Å². The summed E-state index contributed by atoms with van der Waals surface area (Å²) in [5.41, 5.74) is 10.1. The Morgan fingerprint density at radius 2 is 0.538 bits per heavy atom. The Kier molecular flexibility index (Phi) is 9.96. The van der Waals surface area contributed by atoms with Gasteiger partial charge in [-0.15, -0.1) is 0 Å². The van der Waals surface area contributed by atoms with Crippen molar-refractivity contribution < 1.29 is 20.1 Å². The van der Waals surface area contributed by atoms with Crippen LogP contribution in [0.2, 0.25) is 0 Å².